The highest BCUT2D eigenvalue weighted by Crippen LogP contribution is 2.63. The van der Waals surface area contributed by atoms with Crippen molar-refractivity contribution in [1.82, 2.24) is 15.1 Å². The molecule has 1 amide bonds. The quantitative estimate of drug-likeness (QED) is 0.396. The van der Waals surface area contributed by atoms with E-state index in [-0.39, 0.29) is 24.0 Å². The summed E-state index contributed by atoms with van der Waals surface area (Å²) < 4.78 is 11.3. The standard InChI is InChI=1S/C33H38N4O3/c1-20(28-16-33(28)27-15-26(39-5)11-13-30(27)34-32(33)38)14-31-23(4)29(35-36-31)12-10-24-6-8-25(9-7-24)19-37-17-21(2)40-22(3)18-37/h6-15,21-22,28H,16-19H2,1-5H3,(H,34,38)(H,35,36)/b12-10+,20-14+. The first kappa shape index (κ1) is 26.5. The molecule has 2 aliphatic heterocycles. The number of H-pyrrole nitrogens is 1. The average molecular weight is 539 g/mol. The van der Waals surface area contributed by atoms with Gasteiger partial charge >= 0.3 is 0 Å². The zero-order valence-corrected chi connectivity index (χ0v) is 24.0. The maximum absolute atomic E-state index is 13.0. The number of benzene rings is 2. The van der Waals surface area contributed by atoms with Crippen LogP contribution in [0.1, 0.15) is 60.8 Å². The van der Waals surface area contributed by atoms with E-state index >= 15 is 0 Å². The summed E-state index contributed by atoms with van der Waals surface area (Å²) in [6, 6.07) is 14.6. The highest BCUT2D eigenvalue weighted by molar-refractivity contribution is 6.09. The molecule has 0 radical (unpaired) electrons. The Morgan fingerprint density at radius 1 is 1.15 bits per heavy atom. The van der Waals surface area contributed by atoms with Gasteiger partial charge in [-0.2, -0.15) is 5.10 Å². The predicted octanol–water partition coefficient (Wildman–Crippen LogP) is 5.82. The Bertz CT molecular complexity index is 1480. The summed E-state index contributed by atoms with van der Waals surface area (Å²) in [5.74, 6) is 1.02. The number of aromatic amines is 1. The number of methoxy groups -OCH3 is 1. The lowest BCUT2D eigenvalue weighted by atomic mass is 9.91. The summed E-state index contributed by atoms with van der Waals surface area (Å²) in [6.45, 7) is 11.4. The van der Waals surface area contributed by atoms with Crippen LogP contribution in [0.4, 0.5) is 5.69 Å². The van der Waals surface area contributed by atoms with Gasteiger partial charge in [0.2, 0.25) is 5.91 Å². The molecule has 3 heterocycles. The minimum atomic E-state index is -0.494. The number of hydrogen-bond donors (Lipinski definition) is 2. The monoisotopic (exact) mass is 538 g/mol. The van der Waals surface area contributed by atoms with Crippen molar-refractivity contribution < 1.29 is 14.3 Å². The fraction of sp³-hybridized carbons (Fsp3) is 0.394. The highest BCUT2D eigenvalue weighted by atomic mass is 16.5. The van der Waals surface area contributed by atoms with Gasteiger partial charge in [-0.3, -0.25) is 14.8 Å². The molecule has 7 heteroatoms. The maximum Gasteiger partial charge on any atom is 0.235 e. The van der Waals surface area contributed by atoms with Crippen molar-refractivity contribution in [2.24, 2.45) is 5.92 Å². The number of carbonyl (C=O) groups is 1. The van der Waals surface area contributed by atoms with Crippen LogP contribution in [0, 0.1) is 12.8 Å². The number of amides is 1. The fourth-order valence-corrected chi connectivity index (χ4v) is 6.48. The van der Waals surface area contributed by atoms with Gasteiger partial charge in [-0.25, -0.2) is 0 Å². The lowest BCUT2D eigenvalue weighted by Gasteiger charge is -2.35. The Labute approximate surface area is 236 Å². The van der Waals surface area contributed by atoms with Gasteiger partial charge in [0, 0.05) is 30.9 Å². The highest BCUT2D eigenvalue weighted by Gasteiger charge is 2.65. The summed E-state index contributed by atoms with van der Waals surface area (Å²) in [6.07, 6.45) is 7.67. The molecule has 208 valence electrons. The largest absolute Gasteiger partial charge is 0.497 e. The van der Waals surface area contributed by atoms with Gasteiger partial charge < -0.3 is 14.8 Å². The second kappa shape index (κ2) is 10.4. The van der Waals surface area contributed by atoms with E-state index < -0.39 is 5.41 Å². The van der Waals surface area contributed by atoms with Crippen molar-refractivity contribution in [3.8, 4) is 5.75 Å². The molecule has 4 atom stereocenters. The van der Waals surface area contributed by atoms with Crippen LogP contribution in [0.2, 0.25) is 0 Å². The molecular weight excluding hydrogens is 500 g/mol. The zero-order valence-electron chi connectivity index (χ0n) is 24.0. The smallest absolute Gasteiger partial charge is 0.235 e. The number of hydrogen-bond acceptors (Lipinski definition) is 5. The number of morpholine rings is 1. The minimum Gasteiger partial charge on any atom is -0.497 e. The number of carbonyl (C=O) groups excluding carboxylic acids is 1. The first-order valence-electron chi connectivity index (χ1n) is 14.1. The van der Waals surface area contributed by atoms with Crippen LogP contribution >= 0.6 is 0 Å². The third kappa shape index (κ3) is 4.88. The lowest BCUT2D eigenvalue weighted by Crippen LogP contribution is -2.44. The van der Waals surface area contributed by atoms with Crippen LogP contribution in [0.15, 0.2) is 48.0 Å². The number of nitrogens with zero attached hydrogens (tertiary/aromatic N) is 2. The molecule has 3 aliphatic rings. The van der Waals surface area contributed by atoms with E-state index in [9.17, 15) is 4.79 Å². The van der Waals surface area contributed by atoms with E-state index in [0.29, 0.717) is 0 Å². The molecule has 1 spiro atoms. The van der Waals surface area contributed by atoms with E-state index in [2.05, 4.69) is 90.6 Å². The maximum atomic E-state index is 13.0. The number of ether oxygens (including phenoxy) is 2. The predicted molar refractivity (Wildman–Crippen MR) is 159 cm³/mol. The molecule has 2 fully saturated rings. The normalized spacial score (nSPS) is 26.4. The first-order valence-corrected chi connectivity index (χ1v) is 14.1. The van der Waals surface area contributed by atoms with E-state index in [0.717, 1.165) is 65.6 Å². The number of aromatic nitrogens is 2. The second-order valence-electron chi connectivity index (χ2n) is 11.7. The van der Waals surface area contributed by atoms with E-state index in [1.165, 1.54) is 11.1 Å². The molecular formula is C33H38N4O3. The van der Waals surface area contributed by atoms with Crippen molar-refractivity contribution in [3.63, 3.8) is 0 Å². The van der Waals surface area contributed by atoms with Crippen molar-refractivity contribution in [1.29, 1.82) is 0 Å². The molecule has 1 saturated carbocycles. The first-order chi connectivity index (χ1) is 19.3. The van der Waals surface area contributed by atoms with Crippen LogP contribution in [0.3, 0.4) is 0 Å². The minimum absolute atomic E-state index is 0.0820. The van der Waals surface area contributed by atoms with E-state index in [1.807, 2.05) is 18.2 Å². The van der Waals surface area contributed by atoms with Crippen molar-refractivity contribution in [2.75, 3.05) is 25.5 Å². The van der Waals surface area contributed by atoms with Crippen LogP contribution in [0.5, 0.6) is 5.75 Å². The Balaban J connectivity index is 1.12. The van der Waals surface area contributed by atoms with Gasteiger partial charge in [0.25, 0.3) is 0 Å². The number of rotatable bonds is 7. The third-order valence-corrected chi connectivity index (χ3v) is 8.64. The summed E-state index contributed by atoms with van der Waals surface area (Å²) in [5, 5.41) is 10.8. The van der Waals surface area contributed by atoms with Gasteiger partial charge in [0.1, 0.15) is 5.75 Å². The molecule has 2 aromatic carbocycles. The summed E-state index contributed by atoms with van der Waals surface area (Å²) >= 11 is 0. The van der Waals surface area contributed by atoms with Crippen LogP contribution in [-0.4, -0.2) is 53.4 Å². The summed E-state index contributed by atoms with van der Waals surface area (Å²) in [4.78, 5) is 15.5. The van der Waals surface area contributed by atoms with Crippen LogP contribution < -0.4 is 10.1 Å². The Hall–Kier alpha value is -3.68. The number of anilines is 1. The lowest BCUT2D eigenvalue weighted by molar-refractivity contribution is -0.118. The SMILES string of the molecule is COc1ccc2c(c1)C1(CC1/C(C)=C/c1[nH]nc(/C=C/c3ccc(CN4CC(C)OC(C)C4)cc3)c1C)C(=O)N2. The van der Waals surface area contributed by atoms with Gasteiger partial charge in [-0.05, 0) is 87.1 Å². The van der Waals surface area contributed by atoms with Crippen molar-refractivity contribution in [3.05, 3.63) is 81.7 Å². The summed E-state index contributed by atoms with van der Waals surface area (Å²) in [7, 11) is 1.66. The van der Waals surface area contributed by atoms with Crippen LogP contribution in [-0.2, 0) is 21.5 Å². The number of nitrogens with one attached hydrogen (secondary N) is 2. The van der Waals surface area contributed by atoms with E-state index in [1.54, 1.807) is 7.11 Å². The van der Waals surface area contributed by atoms with Gasteiger partial charge in [-0.15, -0.1) is 0 Å². The Kier molecular flexibility index (Phi) is 6.88. The van der Waals surface area contributed by atoms with Crippen LogP contribution in [0.25, 0.3) is 18.2 Å². The molecule has 1 aromatic heterocycles. The van der Waals surface area contributed by atoms with Crippen molar-refractivity contribution >= 4 is 29.8 Å². The third-order valence-electron chi connectivity index (χ3n) is 8.64. The molecule has 4 unspecified atom stereocenters. The zero-order chi connectivity index (χ0) is 28.0. The molecule has 6 rings (SSSR count). The average Bonchev–Trinajstić information content (AvgIpc) is 3.52. The number of fused-ring (bicyclic) bond motifs is 2. The molecule has 0 bridgehead atoms. The molecule has 1 saturated heterocycles. The second-order valence-corrected chi connectivity index (χ2v) is 11.7. The molecule has 40 heavy (non-hydrogen) atoms. The molecule has 3 aromatic rings. The van der Waals surface area contributed by atoms with Gasteiger partial charge in [0.15, 0.2) is 0 Å². The van der Waals surface area contributed by atoms with Crippen molar-refractivity contribution in [2.45, 2.75) is 58.3 Å². The summed E-state index contributed by atoms with van der Waals surface area (Å²) in [5.41, 5.74) is 8.06. The molecule has 7 nitrogen and oxygen atoms in total. The Morgan fingerprint density at radius 3 is 2.62 bits per heavy atom. The van der Waals surface area contributed by atoms with Gasteiger partial charge in [0.05, 0.1) is 36.1 Å². The number of allylic oxidation sites excluding steroid dienone is 1. The van der Waals surface area contributed by atoms with E-state index in [4.69, 9.17) is 9.47 Å². The molecule has 1 aliphatic carbocycles. The topological polar surface area (TPSA) is 79.5 Å². The molecule has 2 N–H and O–H groups in total. The van der Waals surface area contributed by atoms with Gasteiger partial charge in [-0.1, -0.05) is 35.9 Å². The fourth-order valence-electron chi connectivity index (χ4n) is 6.48. The Morgan fingerprint density at radius 2 is 1.90 bits per heavy atom.